The lowest BCUT2D eigenvalue weighted by molar-refractivity contribution is -0.137. The molecular weight excluding hydrogens is 417 g/mol. The molecule has 4 amide bonds. The van der Waals surface area contributed by atoms with Crippen molar-refractivity contribution in [3.05, 3.63) is 59.2 Å². The standard InChI is InChI=1S/C20H15F3N4O4/c1-19(12-3-6-14(28)7-4-12)17(30)27(18(31)26(19)10-16(25)29)13-5-2-11(9-24)15(8-13)20(21,22)23/h2-8,28H,10H2,1H3,(H2,25,29). The van der Waals surface area contributed by atoms with E-state index in [1.165, 1.54) is 37.3 Å². The summed E-state index contributed by atoms with van der Waals surface area (Å²) in [6, 6.07) is 7.98. The number of carbonyl (C=O) groups excluding carboxylic acids is 3. The molecule has 0 aliphatic carbocycles. The topological polar surface area (TPSA) is 128 Å². The molecule has 3 N–H and O–H groups in total. The molecule has 0 bridgehead atoms. The van der Waals surface area contributed by atoms with Gasteiger partial charge in [0.25, 0.3) is 5.91 Å². The molecule has 1 unspecified atom stereocenters. The lowest BCUT2D eigenvalue weighted by Gasteiger charge is -2.31. The number of phenolic OH excluding ortho intramolecular Hbond substituents is 1. The highest BCUT2D eigenvalue weighted by molar-refractivity contribution is 6.23. The Hall–Kier alpha value is -4.07. The predicted octanol–water partition coefficient (Wildman–Crippen LogP) is 2.45. The van der Waals surface area contributed by atoms with Crippen molar-refractivity contribution >= 4 is 23.5 Å². The molecule has 0 saturated carbocycles. The molecule has 1 atom stereocenters. The molecule has 1 heterocycles. The van der Waals surface area contributed by atoms with Crippen molar-refractivity contribution in [2.45, 2.75) is 18.6 Å². The Bertz CT molecular complexity index is 1120. The van der Waals surface area contributed by atoms with Gasteiger partial charge in [-0.1, -0.05) is 12.1 Å². The summed E-state index contributed by atoms with van der Waals surface area (Å²) in [5, 5.41) is 18.5. The van der Waals surface area contributed by atoms with E-state index in [2.05, 4.69) is 0 Å². The van der Waals surface area contributed by atoms with Gasteiger partial charge >= 0.3 is 12.2 Å². The number of imide groups is 1. The van der Waals surface area contributed by atoms with Crippen LogP contribution in [0.3, 0.4) is 0 Å². The second-order valence-electron chi connectivity index (χ2n) is 6.93. The van der Waals surface area contributed by atoms with E-state index in [-0.39, 0.29) is 11.3 Å². The number of hydrogen-bond donors (Lipinski definition) is 2. The fraction of sp³-hybridized carbons (Fsp3) is 0.200. The van der Waals surface area contributed by atoms with Crippen LogP contribution in [-0.2, 0) is 21.3 Å². The van der Waals surface area contributed by atoms with Gasteiger partial charge < -0.3 is 10.8 Å². The summed E-state index contributed by atoms with van der Waals surface area (Å²) >= 11 is 0. The average Bonchev–Trinajstić information content (AvgIpc) is 2.88. The van der Waals surface area contributed by atoms with Gasteiger partial charge in [-0.3, -0.25) is 14.5 Å². The van der Waals surface area contributed by atoms with Gasteiger partial charge in [-0.25, -0.2) is 9.69 Å². The van der Waals surface area contributed by atoms with E-state index in [4.69, 9.17) is 11.0 Å². The van der Waals surface area contributed by atoms with E-state index < -0.39 is 52.9 Å². The molecule has 2 aromatic carbocycles. The number of nitrogens with two attached hydrogens (primary N) is 1. The molecule has 0 aromatic heterocycles. The number of primary amides is 1. The zero-order chi connectivity index (χ0) is 23.1. The molecule has 2 aromatic rings. The molecule has 1 aliphatic rings. The van der Waals surface area contributed by atoms with Crippen molar-refractivity contribution in [3.63, 3.8) is 0 Å². The van der Waals surface area contributed by atoms with Crippen molar-refractivity contribution in [2.75, 3.05) is 11.4 Å². The number of amides is 4. The number of alkyl halides is 3. The Kier molecular flexibility index (Phi) is 5.11. The third-order valence-corrected chi connectivity index (χ3v) is 5.01. The quantitative estimate of drug-likeness (QED) is 0.718. The molecule has 1 aliphatic heterocycles. The molecule has 31 heavy (non-hydrogen) atoms. The van der Waals surface area contributed by atoms with Crippen LogP contribution in [0.15, 0.2) is 42.5 Å². The third kappa shape index (κ3) is 3.52. The van der Waals surface area contributed by atoms with Gasteiger partial charge in [0.05, 0.1) is 22.9 Å². The first-order valence-corrected chi connectivity index (χ1v) is 8.76. The van der Waals surface area contributed by atoms with E-state index in [1.54, 1.807) is 0 Å². The van der Waals surface area contributed by atoms with Gasteiger partial charge in [0.1, 0.15) is 17.8 Å². The third-order valence-electron chi connectivity index (χ3n) is 5.01. The van der Waals surface area contributed by atoms with Crippen LogP contribution in [-0.4, -0.2) is 34.4 Å². The minimum atomic E-state index is -4.90. The highest BCUT2D eigenvalue weighted by Crippen LogP contribution is 2.41. The minimum Gasteiger partial charge on any atom is -0.508 e. The second-order valence-corrected chi connectivity index (χ2v) is 6.93. The van der Waals surface area contributed by atoms with E-state index in [9.17, 15) is 32.7 Å². The SMILES string of the molecule is CC1(c2ccc(O)cc2)C(=O)N(c2ccc(C#N)c(C(F)(F)F)c2)C(=O)N1CC(N)=O. The van der Waals surface area contributed by atoms with Gasteiger partial charge in [-0.2, -0.15) is 18.4 Å². The summed E-state index contributed by atoms with van der Waals surface area (Å²) in [7, 11) is 0. The average molecular weight is 432 g/mol. The number of benzene rings is 2. The van der Waals surface area contributed by atoms with Crippen molar-refractivity contribution in [1.82, 2.24) is 4.90 Å². The Balaban J connectivity index is 2.18. The number of anilines is 1. The van der Waals surface area contributed by atoms with Gasteiger partial charge in [0, 0.05) is 0 Å². The smallest absolute Gasteiger partial charge is 0.417 e. The van der Waals surface area contributed by atoms with Crippen molar-refractivity contribution in [3.8, 4) is 11.8 Å². The zero-order valence-corrected chi connectivity index (χ0v) is 16.0. The summed E-state index contributed by atoms with van der Waals surface area (Å²) < 4.78 is 40.1. The highest BCUT2D eigenvalue weighted by atomic mass is 19.4. The predicted molar refractivity (Wildman–Crippen MR) is 100 cm³/mol. The maximum atomic E-state index is 13.4. The van der Waals surface area contributed by atoms with E-state index in [0.29, 0.717) is 11.0 Å². The van der Waals surface area contributed by atoms with Gasteiger partial charge in [0.2, 0.25) is 5.91 Å². The molecule has 0 spiro atoms. The number of halogens is 3. The van der Waals surface area contributed by atoms with Crippen molar-refractivity contribution < 1.29 is 32.7 Å². The summed E-state index contributed by atoms with van der Waals surface area (Å²) in [5.74, 6) is -1.99. The lowest BCUT2D eigenvalue weighted by Crippen LogP contribution is -2.47. The fourth-order valence-electron chi connectivity index (χ4n) is 3.41. The van der Waals surface area contributed by atoms with Gasteiger partial charge in [0.15, 0.2) is 0 Å². The van der Waals surface area contributed by atoms with Crippen molar-refractivity contribution in [2.24, 2.45) is 5.73 Å². The van der Waals surface area contributed by atoms with Crippen LogP contribution in [0.4, 0.5) is 23.7 Å². The first kappa shape index (κ1) is 21.6. The Morgan fingerprint density at radius 2 is 1.81 bits per heavy atom. The summed E-state index contributed by atoms with van der Waals surface area (Å²) in [6.07, 6.45) is -4.90. The molecule has 160 valence electrons. The monoisotopic (exact) mass is 432 g/mol. The van der Waals surface area contributed by atoms with Crippen LogP contribution in [0.2, 0.25) is 0 Å². The Labute approximate surface area is 173 Å². The van der Waals surface area contributed by atoms with Crippen LogP contribution in [0.1, 0.15) is 23.6 Å². The van der Waals surface area contributed by atoms with Gasteiger partial charge in [-0.15, -0.1) is 0 Å². The molecule has 3 rings (SSSR count). The lowest BCUT2D eigenvalue weighted by atomic mass is 9.90. The molecule has 0 radical (unpaired) electrons. The number of rotatable bonds is 4. The number of carbonyl (C=O) groups is 3. The normalized spacial score (nSPS) is 18.9. The summed E-state index contributed by atoms with van der Waals surface area (Å²) in [5.41, 5.74) is 1.23. The van der Waals surface area contributed by atoms with Crippen LogP contribution in [0, 0.1) is 11.3 Å². The Morgan fingerprint density at radius 3 is 2.32 bits per heavy atom. The fourth-order valence-corrected chi connectivity index (χ4v) is 3.41. The molecule has 1 fully saturated rings. The van der Waals surface area contributed by atoms with E-state index in [1.807, 2.05) is 0 Å². The van der Waals surface area contributed by atoms with Crippen LogP contribution in [0.25, 0.3) is 0 Å². The molecular formula is C20H15F3N4O4. The highest BCUT2D eigenvalue weighted by Gasteiger charge is 2.56. The maximum Gasteiger partial charge on any atom is 0.417 e. The van der Waals surface area contributed by atoms with Crippen molar-refractivity contribution in [1.29, 1.82) is 5.26 Å². The first-order valence-electron chi connectivity index (χ1n) is 8.76. The number of urea groups is 1. The second kappa shape index (κ2) is 7.32. The largest absolute Gasteiger partial charge is 0.508 e. The van der Waals surface area contributed by atoms with Crippen LogP contribution >= 0.6 is 0 Å². The molecule has 1 saturated heterocycles. The summed E-state index contributed by atoms with van der Waals surface area (Å²) in [4.78, 5) is 39.3. The van der Waals surface area contributed by atoms with E-state index in [0.717, 1.165) is 17.0 Å². The molecule has 11 heteroatoms. The Morgan fingerprint density at radius 1 is 1.19 bits per heavy atom. The number of phenols is 1. The van der Waals surface area contributed by atoms with Crippen LogP contribution < -0.4 is 10.6 Å². The minimum absolute atomic E-state index is 0.121. The number of nitriles is 1. The zero-order valence-electron chi connectivity index (χ0n) is 16.0. The van der Waals surface area contributed by atoms with Crippen LogP contribution in [0.5, 0.6) is 5.75 Å². The maximum absolute atomic E-state index is 13.4. The van der Waals surface area contributed by atoms with Gasteiger partial charge in [-0.05, 0) is 42.8 Å². The molecule has 8 nitrogen and oxygen atoms in total. The van der Waals surface area contributed by atoms with E-state index >= 15 is 0 Å². The first-order chi connectivity index (χ1) is 14.4. The summed E-state index contributed by atoms with van der Waals surface area (Å²) in [6.45, 7) is 0.637. The number of nitrogens with zero attached hydrogens (tertiary/aromatic N) is 3. The number of hydrogen-bond acceptors (Lipinski definition) is 5. The number of aromatic hydroxyl groups is 1.